The summed E-state index contributed by atoms with van der Waals surface area (Å²) in [6.07, 6.45) is 0.402. The molecular weight excluding hydrogens is 216 g/mol. The molecule has 0 fully saturated rings. The van der Waals surface area contributed by atoms with Gasteiger partial charge in [0.05, 0.1) is 12.7 Å². The normalized spacial score (nSPS) is 17.6. The summed E-state index contributed by atoms with van der Waals surface area (Å²) in [7, 11) is 2.12. The number of aliphatic hydroxyl groups is 2. The lowest BCUT2D eigenvalue weighted by Crippen LogP contribution is -2.27. The number of nitrogens with zero attached hydrogens (tertiary/aromatic N) is 1. The van der Waals surface area contributed by atoms with Gasteiger partial charge in [0, 0.05) is 25.3 Å². The fourth-order valence-corrected chi connectivity index (χ4v) is 2.11. The van der Waals surface area contributed by atoms with Gasteiger partial charge in [-0.25, -0.2) is 0 Å². The predicted octanol–water partition coefficient (Wildman–Crippen LogP) is 0.440. The summed E-state index contributed by atoms with van der Waals surface area (Å²) >= 11 is 0. The van der Waals surface area contributed by atoms with Crippen molar-refractivity contribution >= 4 is 5.69 Å². The van der Waals surface area contributed by atoms with Crippen molar-refractivity contribution in [3.8, 4) is 0 Å². The molecule has 1 atom stereocenters. The van der Waals surface area contributed by atoms with E-state index in [1.54, 1.807) is 0 Å². The molecule has 0 radical (unpaired) electrons. The largest absolute Gasteiger partial charge is 0.394 e. The summed E-state index contributed by atoms with van der Waals surface area (Å²) in [5.74, 6) is 0. The highest BCUT2D eigenvalue weighted by atomic mass is 16.3. The van der Waals surface area contributed by atoms with Crippen LogP contribution in [0.15, 0.2) is 18.2 Å². The molecule has 0 saturated heterocycles. The summed E-state index contributed by atoms with van der Waals surface area (Å²) < 4.78 is 0. The smallest absolute Gasteiger partial charge is 0.0942 e. The summed E-state index contributed by atoms with van der Waals surface area (Å²) in [5, 5.41) is 21.2. The molecule has 17 heavy (non-hydrogen) atoms. The fraction of sp³-hybridized carbons (Fsp3) is 0.538. The highest BCUT2D eigenvalue weighted by Gasteiger charge is 2.13. The lowest BCUT2D eigenvalue weighted by atomic mass is 9.99. The average Bonchev–Trinajstić information content (AvgIpc) is 2.35. The zero-order chi connectivity index (χ0) is 12.3. The first-order valence-corrected chi connectivity index (χ1v) is 6.02. The second kappa shape index (κ2) is 5.49. The molecule has 0 bridgehead atoms. The van der Waals surface area contributed by atoms with Gasteiger partial charge in [-0.2, -0.15) is 0 Å². The number of fused-ring (bicyclic) bond motifs is 1. The summed E-state index contributed by atoms with van der Waals surface area (Å²) in [6.45, 7) is 2.27. The SMILES string of the molecule is CN1CCc2ccc(NCC(O)CO)cc2C1. The summed E-state index contributed by atoms with van der Waals surface area (Å²) in [5.41, 5.74) is 3.77. The van der Waals surface area contributed by atoms with Crippen LogP contribution in [0.1, 0.15) is 11.1 Å². The van der Waals surface area contributed by atoms with Crippen LogP contribution in [0.4, 0.5) is 5.69 Å². The molecule has 1 aliphatic rings. The van der Waals surface area contributed by atoms with Gasteiger partial charge >= 0.3 is 0 Å². The molecule has 0 aliphatic carbocycles. The Morgan fingerprint density at radius 1 is 1.41 bits per heavy atom. The van der Waals surface area contributed by atoms with Crippen molar-refractivity contribution in [1.29, 1.82) is 0 Å². The molecule has 4 heteroatoms. The van der Waals surface area contributed by atoms with Gasteiger partial charge in [-0.15, -0.1) is 0 Å². The van der Waals surface area contributed by atoms with Crippen molar-refractivity contribution < 1.29 is 10.2 Å². The van der Waals surface area contributed by atoms with Crippen molar-refractivity contribution in [2.45, 2.75) is 19.1 Å². The average molecular weight is 236 g/mol. The second-order valence-corrected chi connectivity index (χ2v) is 4.69. The van der Waals surface area contributed by atoms with E-state index < -0.39 is 6.10 Å². The second-order valence-electron chi connectivity index (χ2n) is 4.69. The molecule has 1 aromatic carbocycles. The van der Waals surface area contributed by atoms with Gasteiger partial charge in [-0.3, -0.25) is 0 Å². The molecule has 0 aromatic heterocycles. The molecule has 0 saturated carbocycles. The number of hydrogen-bond acceptors (Lipinski definition) is 4. The molecule has 94 valence electrons. The van der Waals surface area contributed by atoms with E-state index in [4.69, 9.17) is 5.11 Å². The standard InChI is InChI=1S/C13H20N2O2/c1-15-5-4-10-2-3-12(6-11(10)8-15)14-7-13(17)9-16/h2-3,6,13-14,16-17H,4-5,7-9H2,1H3. The minimum atomic E-state index is -0.700. The quantitative estimate of drug-likeness (QED) is 0.710. The van der Waals surface area contributed by atoms with Crippen LogP contribution in [-0.4, -0.2) is 48.0 Å². The van der Waals surface area contributed by atoms with Crippen molar-refractivity contribution in [3.63, 3.8) is 0 Å². The Morgan fingerprint density at radius 2 is 2.24 bits per heavy atom. The van der Waals surface area contributed by atoms with Crippen LogP contribution in [0.25, 0.3) is 0 Å². The van der Waals surface area contributed by atoms with E-state index in [0.717, 1.165) is 25.2 Å². The molecule has 4 nitrogen and oxygen atoms in total. The topological polar surface area (TPSA) is 55.7 Å². The van der Waals surface area contributed by atoms with Crippen LogP contribution in [-0.2, 0) is 13.0 Å². The van der Waals surface area contributed by atoms with Crippen molar-refractivity contribution in [1.82, 2.24) is 4.90 Å². The predicted molar refractivity (Wildman–Crippen MR) is 68.1 cm³/mol. The van der Waals surface area contributed by atoms with Crippen molar-refractivity contribution in [2.75, 3.05) is 32.1 Å². The number of nitrogens with one attached hydrogen (secondary N) is 1. The van der Waals surface area contributed by atoms with E-state index in [1.165, 1.54) is 11.1 Å². The number of benzene rings is 1. The van der Waals surface area contributed by atoms with Crippen LogP contribution in [0.2, 0.25) is 0 Å². The minimum absolute atomic E-state index is 0.208. The molecule has 2 rings (SSSR count). The van der Waals surface area contributed by atoms with Gasteiger partial charge in [0.25, 0.3) is 0 Å². The van der Waals surface area contributed by atoms with Gasteiger partial charge in [-0.05, 0) is 36.7 Å². The van der Waals surface area contributed by atoms with Gasteiger partial charge < -0.3 is 20.4 Å². The maximum absolute atomic E-state index is 9.28. The number of rotatable bonds is 4. The third kappa shape index (κ3) is 3.19. The fourth-order valence-electron chi connectivity index (χ4n) is 2.11. The van der Waals surface area contributed by atoms with Crippen molar-refractivity contribution in [2.24, 2.45) is 0 Å². The van der Waals surface area contributed by atoms with Gasteiger partial charge in [0.2, 0.25) is 0 Å². The zero-order valence-corrected chi connectivity index (χ0v) is 10.2. The molecule has 1 unspecified atom stereocenters. The van der Waals surface area contributed by atoms with E-state index in [1.807, 2.05) is 6.07 Å². The monoisotopic (exact) mass is 236 g/mol. The lowest BCUT2D eigenvalue weighted by Gasteiger charge is -2.25. The highest BCUT2D eigenvalue weighted by molar-refractivity contribution is 5.49. The lowest BCUT2D eigenvalue weighted by molar-refractivity contribution is 0.105. The highest BCUT2D eigenvalue weighted by Crippen LogP contribution is 2.21. The number of hydrogen-bond donors (Lipinski definition) is 3. The summed E-state index contributed by atoms with van der Waals surface area (Å²) in [4.78, 5) is 2.30. The first kappa shape index (κ1) is 12.4. The Labute approximate surface area is 102 Å². The van der Waals surface area contributed by atoms with Crippen molar-refractivity contribution in [3.05, 3.63) is 29.3 Å². The van der Waals surface area contributed by atoms with Crippen LogP contribution >= 0.6 is 0 Å². The third-order valence-electron chi connectivity index (χ3n) is 3.16. The third-order valence-corrected chi connectivity index (χ3v) is 3.16. The van der Waals surface area contributed by atoms with Crippen LogP contribution in [0, 0.1) is 0 Å². The number of aliphatic hydroxyl groups excluding tert-OH is 2. The molecule has 1 aliphatic heterocycles. The first-order chi connectivity index (χ1) is 8.19. The Hall–Kier alpha value is -1.10. The number of anilines is 1. The molecule has 1 aromatic rings. The van der Waals surface area contributed by atoms with Gasteiger partial charge in [-0.1, -0.05) is 6.07 Å². The van der Waals surface area contributed by atoms with E-state index in [0.29, 0.717) is 6.54 Å². The minimum Gasteiger partial charge on any atom is -0.394 e. The molecule has 3 N–H and O–H groups in total. The van der Waals surface area contributed by atoms with Gasteiger partial charge in [0.1, 0.15) is 0 Å². The van der Waals surface area contributed by atoms with Crippen LogP contribution < -0.4 is 5.32 Å². The van der Waals surface area contributed by atoms with Crippen LogP contribution in [0.3, 0.4) is 0 Å². The van der Waals surface area contributed by atoms with Crippen LogP contribution in [0.5, 0.6) is 0 Å². The zero-order valence-electron chi connectivity index (χ0n) is 10.2. The first-order valence-electron chi connectivity index (χ1n) is 6.02. The van der Waals surface area contributed by atoms with E-state index in [-0.39, 0.29) is 6.61 Å². The Morgan fingerprint density at radius 3 is 3.00 bits per heavy atom. The molecule has 1 heterocycles. The van der Waals surface area contributed by atoms with E-state index in [2.05, 4.69) is 29.4 Å². The maximum atomic E-state index is 9.28. The van der Waals surface area contributed by atoms with Gasteiger partial charge in [0.15, 0.2) is 0 Å². The number of likely N-dealkylation sites (N-methyl/N-ethyl adjacent to an activating group) is 1. The Bertz CT molecular complexity index is 382. The Kier molecular flexibility index (Phi) is 3.99. The molecule has 0 spiro atoms. The Balaban J connectivity index is 2.02. The van der Waals surface area contributed by atoms with E-state index >= 15 is 0 Å². The molecule has 0 amide bonds. The maximum Gasteiger partial charge on any atom is 0.0942 e. The summed E-state index contributed by atoms with van der Waals surface area (Å²) in [6, 6.07) is 6.32. The molecular formula is C13H20N2O2. The van der Waals surface area contributed by atoms with E-state index in [9.17, 15) is 5.11 Å².